The molecule has 0 aliphatic carbocycles. The topological polar surface area (TPSA) is 52.3 Å². The van der Waals surface area contributed by atoms with Gasteiger partial charge in [0.1, 0.15) is 5.52 Å². The number of ether oxygens (including phenoxy) is 1. The Bertz CT molecular complexity index is 893. The van der Waals surface area contributed by atoms with Gasteiger partial charge in [0.05, 0.1) is 18.2 Å². The first-order valence-corrected chi connectivity index (χ1v) is 7.30. The van der Waals surface area contributed by atoms with Gasteiger partial charge in [-0.3, -0.25) is 0 Å². The third-order valence-corrected chi connectivity index (χ3v) is 3.55. The van der Waals surface area contributed by atoms with E-state index in [0.717, 1.165) is 28.7 Å². The molecule has 0 radical (unpaired) electrons. The Morgan fingerprint density at radius 3 is 2.74 bits per heavy atom. The fraction of sp³-hybridized carbons (Fsp3) is 0.158. The quantitative estimate of drug-likeness (QED) is 0.529. The number of nitrogens with zero attached hydrogens (tertiary/aromatic N) is 1. The van der Waals surface area contributed by atoms with Crippen molar-refractivity contribution in [2.24, 2.45) is 0 Å². The van der Waals surface area contributed by atoms with Gasteiger partial charge in [-0.25, -0.2) is 9.78 Å². The number of aromatic nitrogens is 1. The molecule has 0 spiro atoms. The third-order valence-electron chi connectivity index (χ3n) is 3.55. The van der Waals surface area contributed by atoms with Crippen molar-refractivity contribution >= 4 is 17.1 Å². The fourth-order valence-electron chi connectivity index (χ4n) is 2.54. The normalized spacial score (nSPS) is 10.7. The van der Waals surface area contributed by atoms with Gasteiger partial charge in [0.25, 0.3) is 0 Å². The Morgan fingerprint density at radius 2 is 2.00 bits per heavy atom. The molecule has 3 aromatic rings. The van der Waals surface area contributed by atoms with Crippen LogP contribution < -0.4 is 0 Å². The molecule has 2 aromatic carbocycles. The van der Waals surface area contributed by atoms with E-state index in [2.05, 4.69) is 11.6 Å². The highest BCUT2D eigenvalue weighted by Gasteiger charge is 2.18. The predicted molar refractivity (Wildman–Crippen MR) is 89.3 cm³/mol. The number of esters is 1. The molecule has 116 valence electrons. The molecule has 0 saturated heterocycles. The first kappa shape index (κ1) is 15.0. The third kappa shape index (κ3) is 2.88. The number of methoxy groups -OCH3 is 1. The van der Waals surface area contributed by atoms with Crippen LogP contribution in [0.1, 0.15) is 22.8 Å². The molecule has 0 saturated carbocycles. The fourth-order valence-corrected chi connectivity index (χ4v) is 2.54. The molecule has 0 aliphatic heterocycles. The van der Waals surface area contributed by atoms with Crippen LogP contribution in [0.5, 0.6) is 0 Å². The van der Waals surface area contributed by atoms with Crippen molar-refractivity contribution in [1.82, 2.24) is 4.98 Å². The Hall–Kier alpha value is -2.88. The van der Waals surface area contributed by atoms with Crippen molar-refractivity contribution in [1.29, 1.82) is 0 Å². The molecule has 0 unspecified atom stereocenters. The van der Waals surface area contributed by atoms with Gasteiger partial charge in [-0.15, -0.1) is 0 Å². The predicted octanol–water partition coefficient (Wildman–Crippen LogP) is 4.40. The van der Waals surface area contributed by atoms with Crippen molar-refractivity contribution in [2.75, 3.05) is 7.11 Å². The summed E-state index contributed by atoms with van der Waals surface area (Å²) < 4.78 is 10.8. The Kier molecular flexibility index (Phi) is 3.98. The van der Waals surface area contributed by atoms with E-state index in [-0.39, 0.29) is 0 Å². The van der Waals surface area contributed by atoms with E-state index in [9.17, 15) is 4.79 Å². The van der Waals surface area contributed by atoms with E-state index in [1.165, 1.54) is 7.11 Å². The molecular formula is C19H17NO3. The highest BCUT2D eigenvalue weighted by atomic mass is 16.5. The zero-order valence-corrected chi connectivity index (χ0v) is 13.1. The largest absolute Gasteiger partial charge is 0.465 e. The van der Waals surface area contributed by atoms with Crippen LogP contribution >= 0.6 is 0 Å². The molecule has 1 heterocycles. The number of carbonyl (C=O) groups excluding carboxylic acids is 1. The van der Waals surface area contributed by atoms with E-state index in [0.29, 0.717) is 17.0 Å². The van der Waals surface area contributed by atoms with E-state index in [4.69, 9.17) is 9.15 Å². The molecule has 0 bridgehead atoms. The van der Waals surface area contributed by atoms with Crippen LogP contribution in [0.4, 0.5) is 0 Å². The number of rotatable bonds is 4. The molecule has 4 nitrogen and oxygen atoms in total. The lowest BCUT2D eigenvalue weighted by Crippen LogP contribution is -2.03. The number of carbonyl (C=O) groups is 1. The van der Waals surface area contributed by atoms with Crippen LogP contribution in [0.3, 0.4) is 0 Å². The number of fused-ring (bicyclic) bond motifs is 1. The summed E-state index contributed by atoms with van der Waals surface area (Å²) >= 11 is 0. The van der Waals surface area contributed by atoms with Crippen LogP contribution in [0, 0.1) is 0 Å². The number of hydrogen-bond acceptors (Lipinski definition) is 4. The Labute approximate surface area is 134 Å². The lowest BCUT2D eigenvalue weighted by atomic mass is 10.1. The molecule has 3 rings (SSSR count). The summed E-state index contributed by atoms with van der Waals surface area (Å²) in [5, 5.41) is 0. The maximum Gasteiger partial charge on any atom is 0.338 e. The minimum absolute atomic E-state index is 0.412. The second-order valence-electron chi connectivity index (χ2n) is 5.46. The molecule has 0 atom stereocenters. The summed E-state index contributed by atoms with van der Waals surface area (Å²) in [5.74, 6) is 0.000167. The van der Waals surface area contributed by atoms with Crippen molar-refractivity contribution < 1.29 is 13.9 Å². The summed E-state index contributed by atoms with van der Waals surface area (Å²) in [6.45, 7) is 5.92. The highest BCUT2D eigenvalue weighted by Crippen LogP contribution is 2.29. The minimum Gasteiger partial charge on any atom is -0.465 e. The smallest absolute Gasteiger partial charge is 0.338 e. The van der Waals surface area contributed by atoms with Gasteiger partial charge in [0.15, 0.2) is 5.58 Å². The monoisotopic (exact) mass is 307 g/mol. The van der Waals surface area contributed by atoms with E-state index in [1.54, 1.807) is 18.2 Å². The number of hydrogen-bond donors (Lipinski definition) is 0. The van der Waals surface area contributed by atoms with E-state index >= 15 is 0 Å². The second-order valence-corrected chi connectivity index (χ2v) is 5.46. The minimum atomic E-state index is -0.412. The van der Waals surface area contributed by atoms with Crippen LogP contribution in [0.15, 0.2) is 59.0 Å². The standard InChI is InChI=1S/C19H17NO3/c1-12(2)11-13-7-6-10-16-17(13)23-18(20-16)14-8-4-5-9-15(14)19(21)22-3/h4-10H,1,11H2,2-3H3. The van der Waals surface area contributed by atoms with Crippen molar-refractivity contribution in [3.05, 3.63) is 65.7 Å². The molecule has 23 heavy (non-hydrogen) atoms. The summed E-state index contributed by atoms with van der Waals surface area (Å²) in [5.41, 5.74) is 4.62. The van der Waals surface area contributed by atoms with Crippen LogP contribution in [0.2, 0.25) is 0 Å². The molecule has 0 fully saturated rings. The number of benzene rings is 2. The first-order valence-electron chi connectivity index (χ1n) is 7.30. The summed E-state index contributed by atoms with van der Waals surface area (Å²) in [4.78, 5) is 16.5. The molecule has 0 N–H and O–H groups in total. The highest BCUT2D eigenvalue weighted by molar-refractivity contribution is 5.96. The van der Waals surface area contributed by atoms with E-state index < -0.39 is 5.97 Å². The summed E-state index contributed by atoms with van der Waals surface area (Å²) in [6.07, 6.45) is 0.727. The first-order chi connectivity index (χ1) is 11.1. The second kappa shape index (κ2) is 6.08. The molecule has 0 amide bonds. The van der Waals surface area contributed by atoms with Gasteiger partial charge < -0.3 is 9.15 Å². The Balaban J connectivity index is 2.15. The van der Waals surface area contributed by atoms with Gasteiger partial charge in [-0.1, -0.05) is 36.4 Å². The lowest BCUT2D eigenvalue weighted by molar-refractivity contribution is 0.0601. The van der Waals surface area contributed by atoms with Gasteiger partial charge >= 0.3 is 5.97 Å². The van der Waals surface area contributed by atoms with Gasteiger partial charge in [0.2, 0.25) is 5.89 Å². The Morgan fingerprint density at radius 1 is 1.22 bits per heavy atom. The zero-order chi connectivity index (χ0) is 16.4. The maximum atomic E-state index is 11.9. The molecular weight excluding hydrogens is 290 g/mol. The average Bonchev–Trinajstić information content (AvgIpc) is 2.99. The van der Waals surface area contributed by atoms with Crippen LogP contribution in [0.25, 0.3) is 22.6 Å². The van der Waals surface area contributed by atoms with Crippen LogP contribution in [-0.4, -0.2) is 18.1 Å². The number of para-hydroxylation sites is 1. The number of allylic oxidation sites excluding steroid dienone is 1. The molecule has 0 aliphatic rings. The molecule has 1 aromatic heterocycles. The van der Waals surface area contributed by atoms with Crippen molar-refractivity contribution in [3.8, 4) is 11.5 Å². The zero-order valence-electron chi connectivity index (χ0n) is 13.1. The summed E-state index contributed by atoms with van der Waals surface area (Å²) in [7, 11) is 1.36. The molecule has 4 heteroatoms. The number of oxazole rings is 1. The lowest BCUT2D eigenvalue weighted by Gasteiger charge is -2.03. The SMILES string of the molecule is C=C(C)Cc1cccc2nc(-c3ccccc3C(=O)OC)oc12. The van der Waals surface area contributed by atoms with Gasteiger partial charge in [-0.2, -0.15) is 0 Å². The maximum absolute atomic E-state index is 11.9. The average molecular weight is 307 g/mol. The summed E-state index contributed by atoms with van der Waals surface area (Å²) in [6, 6.07) is 13.0. The van der Waals surface area contributed by atoms with Crippen molar-refractivity contribution in [2.45, 2.75) is 13.3 Å². The van der Waals surface area contributed by atoms with Gasteiger partial charge in [0, 0.05) is 5.56 Å². The van der Waals surface area contributed by atoms with E-state index in [1.807, 2.05) is 31.2 Å². The van der Waals surface area contributed by atoms with Gasteiger partial charge in [-0.05, 0) is 31.5 Å². The van der Waals surface area contributed by atoms with Crippen molar-refractivity contribution in [3.63, 3.8) is 0 Å². The van der Waals surface area contributed by atoms with Crippen LogP contribution in [-0.2, 0) is 11.2 Å².